The van der Waals surface area contributed by atoms with Gasteiger partial charge in [0.2, 0.25) is 0 Å². The average molecular weight is 664 g/mol. The highest BCUT2D eigenvalue weighted by Gasteiger charge is 2.36. The zero-order valence-electron chi connectivity index (χ0n) is 28.9. The van der Waals surface area contributed by atoms with Crippen molar-refractivity contribution in [2.45, 2.75) is 19.3 Å². The Bertz CT molecular complexity index is 3100. The second kappa shape index (κ2) is 10.7. The molecular weight excluding hydrogens is 631 g/mol. The Labute approximate surface area is 301 Å². The van der Waals surface area contributed by atoms with Crippen molar-refractivity contribution in [3.05, 3.63) is 175 Å². The molecule has 3 heteroatoms. The van der Waals surface area contributed by atoms with Crippen molar-refractivity contribution in [1.82, 2.24) is 14.5 Å². The summed E-state index contributed by atoms with van der Waals surface area (Å²) in [7, 11) is 0. The normalized spacial score (nSPS) is 13.3. The topological polar surface area (TPSA) is 30.7 Å². The molecule has 52 heavy (non-hydrogen) atoms. The summed E-state index contributed by atoms with van der Waals surface area (Å²) in [5, 5.41) is 7.38. The van der Waals surface area contributed by atoms with E-state index >= 15 is 0 Å². The van der Waals surface area contributed by atoms with Gasteiger partial charge in [0.25, 0.3) is 0 Å². The van der Waals surface area contributed by atoms with Gasteiger partial charge in [-0.3, -0.25) is 4.57 Å². The van der Waals surface area contributed by atoms with Crippen LogP contribution < -0.4 is 0 Å². The highest BCUT2D eigenvalue weighted by atomic mass is 15.1. The van der Waals surface area contributed by atoms with Crippen LogP contribution in [0.3, 0.4) is 0 Å². The van der Waals surface area contributed by atoms with Gasteiger partial charge in [0.1, 0.15) is 5.69 Å². The van der Waals surface area contributed by atoms with E-state index in [0.29, 0.717) is 0 Å². The SMILES string of the molecule is CC1(C)c2ccc(-c3cccc4c5cc6ccccc6cc5n(-c5nc6ccccc6nc5-c5ccccc5)c34)cc2-c2c1ccc1ccccc21. The molecule has 0 spiro atoms. The van der Waals surface area contributed by atoms with E-state index in [4.69, 9.17) is 9.97 Å². The molecule has 0 radical (unpaired) electrons. The standard InChI is InChI=1S/C49H33N3/c1-49(2)40-25-24-34(28-39(40)45-35-18-9-8-13-30(35)23-26-41(45)49)36-19-12-20-37-38-27-32-16-6-7-17-33(32)29-44(38)52(47(36)37)48-46(31-14-4-3-5-15-31)50-42-21-10-11-22-43(42)51-48/h3-29H,1-2H3. The van der Waals surface area contributed by atoms with Crippen LogP contribution in [0, 0.1) is 0 Å². The lowest BCUT2D eigenvalue weighted by atomic mass is 9.82. The maximum atomic E-state index is 5.45. The molecule has 0 amide bonds. The van der Waals surface area contributed by atoms with E-state index in [1.54, 1.807) is 0 Å². The van der Waals surface area contributed by atoms with Crippen LogP contribution in [0.5, 0.6) is 0 Å². The molecule has 1 aliphatic carbocycles. The van der Waals surface area contributed by atoms with Gasteiger partial charge in [-0.15, -0.1) is 0 Å². The summed E-state index contributed by atoms with van der Waals surface area (Å²) in [6, 6.07) is 59.3. The lowest BCUT2D eigenvalue weighted by molar-refractivity contribution is 0.661. The summed E-state index contributed by atoms with van der Waals surface area (Å²) < 4.78 is 2.38. The molecule has 8 aromatic carbocycles. The molecule has 0 saturated heterocycles. The number of nitrogens with zero attached hydrogens (tertiary/aromatic N) is 3. The smallest absolute Gasteiger partial charge is 0.165 e. The van der Waals surface area contributed by atoms with E-state index < -0.39 is 0 Å². The molecule has 0 aliphatic heterocycles. The number of benzene rings is 8. The third-order valence-corrected chi connectivity index (χ3v) is 11.3. The first-order chi connectivity index (χ1) is 25.5. The molecule has 0 saturated carbocycles. The number of fused-ring (bicyclic) bond motifs is 10. The molecule has 244 valence electrons. The van der Waals surface area contributed by atoms with Crippen molar-refractivity contribution >= 4 is 54.4 Å². The first-order valence-electron chi connectivity index (χ1n) is 18.0. The second-order valence-electron chi connectivity index (χ2n) is 14.6. The second-order valence-corrected chi connectivity index (χ2v) is 14.6. The highest BCUT2D eigenvalue weighted by Crippen LogP contribution is 2.52. The molecule has 2 heterocycles. The largest absolute Gasteiger partial charge is 0.291 e. The van der Waals surface area contributed by atoms with Crippen LogP contribution in [0.15, 0.2) is 164 Å². The van der Waals surface area contributed by atoms with Crippen molar-refractivity contribution in [2.24, 2.45) is 0 Å². The summed E-state index contributed by atoms with van der Waals surface area (Å²) in [4.78, 5) is 10.8. The molecular formula is C49H33N3. The molecule has 1 aliphatic rings. The van der Waals surface area contributed by atoms with Gasteiger partial charge in [-0.05, 0) is 79.7 Å². The first-order valence-corrected chi connectivity index (χ1v) is 18.0. The molecule has 11 rings (SSSR count). The summed E-state index contributed by atoms with van der Waals surface area (Å²) in [5.41, 5.74) is 13.6. The summed E-state index contributed by atoms with van der Waals surface area (Å²) in [5.74, 6) is 0.825. The van der Waals surface area contributed by atoms with Gasteiger partial charge < -0.3 is 0 Å². The van der Waals surface area contributed by atoms with Gasteiger partial charge in [-0.1, -0.05) is 147 Å². The highest BCUT2D eigenvalue weighted by molar-refractivity contribution is 6.17. The minimum absolute atomic E-state index is 0.0977. The van der Waals surface area contributed by atoms with E-state index in [0.717, 1.165) is 39.1 Å². The number of para-hydroxylation sites is 3. The lowest BCUT2D eigenvalue weighted by Gasteiger charge is -2.21. The zero-order chi connectivity index (χ0) is 34.6. The van der Waals surface area contributed by atoms with Gasteiger partial charge in [0.15, 0.2) is 5.82 Å². The molecule has 10 aromatic rings. The lowest BCUT2D eigenvalue weighted by Crippen LogP contribution is -2.14. The van der Waals surface area contributed by atoms with Gasteiger partial charge in [-0.25, -0.2) is 9.97 Å². The average Bonchev–Trinajstić information content (AvgIpc) is 3.64. The quantitative estimate of drug-likeness (QED) is 0.188. The Morgan fingerprint density at radius 2 is 1.13 bits per heavy atom. The van der Waals surface area contributed by atoms with Crippen molar-refractivity contribution in [3.8, 4) is 39.3 Å². The van der Waals surface area contributed by atoms with Crippen LogP contribution in [-0.4, -0.2) is 14.5 Å². The predicted molar refractivity (Wildman–Crippen MR) is 217 cm³/mol. The molecule has 0 fully saturated rings. The molecule has 2 aromatic heterocycles. The van der Waals surface area contributed by atoms with Crippen LogP contribution in [0.1, 0.15) is 25.0 Å². The molecule has 0 unspecified atom stereocenters. The van der Waals surface area contributed by atoms with Crippen molar-refractivity contribution in [2.75, 3.05) is 0 Å². The fraction of sp³-hybridized carbons (Fsp3) is 0.0612. The molecule has 0 bridgehead atoms. The molecule has 3 nitrogen and oxygen atoms in total. The Morgan fingerprint density at radius 1 is 0.462 bits per heavy atom. The Morgan fingerprint density at radius 3 is 1.96 bits per heavy atom. The number of hydrogen-bond acceptors (Lipinski definition) is 2. The Hall–Kier alpha value is -6.58. The van der Waals surface area contributed by atoms with Crippen molar-refractivity contribution < 1.29 is 0 Å². The Kier molecular flexibility index (Phi) is 6.01. The fourth-order valence-electron chi connectivity index (χ4n) is 8.83. The summed E-state index contributed by atoms with van der Waals surface area (Å²) in [6.07, 6.45) is 0. The van der Waals surface area contributed by atoms with Gasteiger partial charge in [-0.2, -0.15) is 0 Å². The van der Waals surface area contributed by atoms with Crippen molar-refractivity contribution in [3.63, 3.8) is 0 Å². The predicted octanol–water partition coefficient (Wildman–Crippen LogP) is 12.7. The van der Waals surface area contributed by atoms with Crippen LogP contribution in [-0.2, 0) is 5.41 Å². The maximum absolute atomic E-state index is 5.45. The van der Waals surface area contributed by atoms with Crippen LogP contribution in [0.25, 0.3) is 93.7 Å². The third kappa shape index (κ3) is 4.08. The number of rotatable bonds is 3. The first kappa shape index (κ1) is 29.2. The van der Waals surface area contributed by atoms with Gasteiger partial charge >= 0.3 is 0 Å². The van der Waals surface area contributed by atoms with E-state index in [2.05, 4.69) is 170 Å². The number of hydrogen-bond donors (Lipinski definition) is 0. The monoisotopic (exact) mass is 663 g/mol. The molecule has 0 atom stereocenters. The third-order valence-electron chi connectivity index (χ3n) is 11.3. The molecule has 0 N–H and O–H groups in total. The number of aromatic nitrogens is 3. The van der Waals surface area contributed by atoms with Crippen LogP contribution in [0.2, 0.25) is 0 Å². The minimum Gasteiger partial charge on any atom is -0.291 e. The van der Waals surface area contributed by atoms with Gasteiger partial charge in [0.05, 0.1) is 22.1 Å². The van der Waals surface area contributed by atoms with E-state index in [1.807, 2.05) is 12.1 Å². The van der Waals surface area contributed by atoms with E-state index in [9.17, 15) is 0 Å². The minimum atomic E-state index is -0.0977. The van der Waals surface area contributed by atoms with Crippen LogP contribution in [0.4, 0.5) is 0 Å². The Balaban J connectivity index is 1.27. The van der Waals surface area contributed by atoms with E-state index in [1.165, 1.54) is 65.7 Å². The van der Waals surface area contributed by atoms with Crippen LogP contribution >= 0.6 is 0 Å². The zero-order valence-corrected chi connectivity index (χ0v) is 28.9. The fourth-order valence-corrected chi connectivity index (χ4v) is 8.83. The van der Waals surface area contributed by atoms with Crippen molar-refractivity contribution in [1.29, 1.82) is 0 Å². The summed E-state index contributed by atoms with van der Waals surface area (Å²) in [6.45, 7) is 4.72. The van der Waals surface area contributed by atoms with Gasteiger partial charge in [0, 0.05) is 27.3 Å². The maximum Gasteiger partial charge on any atom is 0.165 e. The summed E-state index contributed by atoms with van der Waals surface area (Å²) >= 11 is 0. The van der Waals surface area contributed by atoms with E-state index in [-0.39, 0.29) is 5.41 Å².